The van der Waals surface area contributed by atoms with E-state index in [9.17, 15) is 4.79 Å². The van der Waals surface area contributed by atoms with Gasteiger partial charge in [-0.3, -0.25) is 4.79 Å². The highest BCUT2D eigenvalue weighted by atomic mass is 32.1. The fourth-order valence-electron chi connectivity index (χ4n) is 1.55. The molecule has 1 aromatic heterocycles. The lowest BCUT2D eigenvalue weighted by Crippen LogP contribution is -2.39. The summed E-state index contributed by atoms with van der Waals surface area (Å²) in [4.78, 5) is 11.8. The highest BCUT2D eigenvalue weighted by Gasteiger charge is 2.17. The molecule has 0 bridgehead atoms. The molecule has 2 heterocycles. The zero-order valence-corrected chi connectivity index (χ0v) is 11.7. The molecule has 0 aliphatic carbocycles. The van der Waals surface area contributed by atoms with Gasteiger partial charge >= 0.3 is 0 Å². The molecule has 0 saturated carbocycles. The molecule has 1 saturated heterocycles. The molecule has 1 aromatic rings. The van der Waals surface area contributed by atoms with Crippen LogP contribution in [0.15, 0.2) is 0 Å². The van der Waals surface area contributed by atoms with E-state index < -0.39 is 0 Å². The molecular weight excluding hydrogens is 268 g/mol. The number of carbonyl (C=O) groups excluding carboxylic acids is 1. The number of rotatable bonds is 6. The number of hydrogen-bond acceptors (Lipinski definition) is 7. The number of nitrogens with one attached hydrogen (secondary N) is 2. The summed E-state index contributed by atoms with van der Waals surface area (Å²) in [6.07, 6.45) is 0.920. The first-order valence-electron chi connectivity index (χ1n) is 6.34. The SMILES string of the molecule is CCCNc1nnc(C(=O)NCC2COCCO2)s1. The van der Waals surface area contributed by atoms with Gasteiger partial charge in [0.1, 0.15) is 0 Å². The van der Waals surface area contributed by atoms with Crippen molar-refractivity contribution in [2.24, 2.45) is 0 Å². The molecule has 1 fully saturated rings. The molecule has 0 aromatic carbocycles. The van der Waals surface area contributed by atoms with Crippen molar-refractivity contribution in [3.8, 4) is 0 Å². The van der Waals surface area contributed by atoms with Crippen molar-refractivity contribution in [3.05, 3.63) is 5.01 Å². The molecule has 106 valence electrons. The smallest absolute Gasteiger partial charge is 0.282 e. The van der Waals surface area contributed by atoms with Crippen LogP contribution in [-0.2, 0) is 9.47 Å². The maximum Gasteiger partial charge on any atom is 0.282 e. The highest BCUT2D eigenvalue weighted by molar-refractivity contribution is 7.17. The van der Waals surface area contributed by atoms with Gasteiger partial charge in [0.25, 0.3) is 5.91 Å². The van der Waals surface area contributed by atoms with E-state index in [1.165, 1.54) is 11.3 Å². The Balaban J connectivity index is 1.77. The van der Waals surface area contributed by atoms with Crippen molar-refractivity contribution >= 4 is 22.4 Å². The summed E-state index contributed by atoms with van der Waals surface area (Å²) in [7, 11) is 0. The normalized spacial score (nSPS) is 19.1. The molecule has 2 N–H and O–H groups in total. The second kappa shape index (κ2) is 7.37. The van der Waals surface area contributed by atoms with Crippen LogP contribution >= 0.6 is 11.3 Å². The van der Waals surface area contributed by atoms with Crippen molar-refractivity contribution in [3.63, 3.8) is 0 Å². The average Bonchev–Trinajstić information content (AvgIpc) is 2.92. The first kappa shape index (κ1) is 14.2. The number of anilines is 1. The van der Waals surface area contributed by atoms with Crippen LogP contribution in [0.3, 0.4) is 0 Å². The first-order chi connectivity index (χ1) is 9.29. The second-order valence-corrected chi connectivity index (χ2v) is 5.09. The minimum Gasteiger partial charge on any atom is -0.376 e. The summed E-state index contributed by atoms with van der Waals surface area (Å²) in [6, 6.07) is 0. The highest BCUT2D eigenvalue weighted by Crippen LogP contribution is 2.14. The lowest BCUT2D eigenvalue weighted by atomic mass is 10.3. The Labute approximate surface area is 115 Å². The van der Waals surface area contributed by atoms with Crippen molar-refractivity contribution in [2.45, 2.75) is 19.4 Å². The fraction of sp³-hybridized carbons (Fsp3) is 0.727. The molecule has 2 rings (SSSR count). The zero-order valence-electron chi connectivity index (χ0n) is 10.8. The molecule has 1 amide bonds. The van der Waals surface area contributed by atoms with Gasteiger partial charge in [0, 0.05) is 13.1 Å². The van der Waals surface area contributed by atoms with Crippen LogP contribution in [0.1, 0.15) is 23.1 Å². The quantitative estimate of drug-likeness (QED) is 0.792. The predicted molar refractivity (Wildman–Crippen MR) is 71.6 cm³/mol. The average molecular weight is 286 g/mol. The molecule has 0 spiro atoms. The van der Waals surface area contributed by atoms with Crippen LogP contribution < -0.4 is 10.6 Å². The summed E-state index contributed by atoms with van der Waals surface area (Å²) in [5.41, 5.74) is 0. The van der Waals surface area contributed by atoms with Crippen molar-refractivity contribution in [1.29, 1.82) is 0 Å². The number of carbonyl (C=O) groups is 1. The van der Waals surface area contributed by atoms with Crippen molar-refractivity contribution in [2.75, 3.05) is 38.2 Å². The molecule has 1 atom stereocenters. The minimum absolute atomic E-state index is 0.0803. The number of aromatic nitrogens is 2. The fourth-order valence-corrected chi connectivity index (χ4v) is 2.24. The van der Waals surface area contributed by atoms with E-state index in [1.54, 1.807) is 0 Å². The minimum atomic E-state index is -0.226. The van der Waals surface area contributed by atoms with E-state index in [4.69, 9.17) is 9.47 Å². The Morgan fingerprint density at radius 1 is 1.47 bits per heavy atom. The number of hydrogen-bond donors (Lipinski definition) is 2. The Bertz CT molecular complexity index is 406. The van der Waals surface area contributed by atoms with Gasteiger partial charge in [-0.15, -0.1) is 10.2 Å². The third-order valence-electron chi connectivity index (χ3n) is 2.52. The molecule has 1 aliphatic heterocycles. The molecular formula is C11H18N4O3S. The topological polar surface area (TPSA) is 85.4 Å². The van der Waals surface area contributed by atoms with Gasteiger partial charge in [0.05, 0.1) is 25.9 Å². The molecule has 1 unspecified atom stereocenters. The van der Waals surface area contributed by atoms with Crippen LogP contribution in [0.2, 0.25) is 0 Å². The summed E-state index contributed by atoms with van der Waals surface area (Å²) in [5, 5.41) is 14.7. The largest absolute Gasteiger partial charge is 0.376 e. The summed E-state index contributed by atoms with van der Waals surface area (Å²) >= 11 is 1.25. The Hall–Kier alpha value is -1.25. The molecule has 19 heavy (non-hydrogen) atoms. The lowest BCUT2D eigenvalue weighted by molar-refractivity contribution is -0.0855. The second-order valence-electron chi connectivity index (χ2n) is 4.12. The van der Waals surface area contributed by atoms with Gasteiger partial charge in [-0.05, 0) is 6.42 Å². The van der Waals surface area contributed by atoms with Gasteiger partial charge < -0.3 is 20.1 Å². The van der Waals surface area contributed by atoms with Gasteiger partial charge in [-0.2, -0.15) is 0 Å². The van der Waals surface area contributed by atoms with E-state index in [0.29, 0.717) is 36.5 Å². The number of amides is 1. The Morgan fingerprint density at radius 3 is 3.11 bits per heavy atom. The van der Waals surface area contributed by atoms with E-state index in [-0.39, 0.29) is 12.0 Å². The summed E-state index contributed by atoms with van der Waals surface area (Å²) in [6.45, 7) is 5.02. The van der Waals surface area contributed by atoms with Crippen LogP contribution in [0.5, 0.6) is 0 Å². The van der Waals surface area contributed by atoms with Crippen LogP contribution in [-0.4, -0.2) is 55.1 Å². The van der Waals surface area contributed by atoms with Crippen molar-refractivity contribution in [1.82, 2.24) is 15.5 Å². The van der Waals surface area contributed by atoms with Gasteiger partial charge in [-0.1, -0.05) is 18.3 Å². The van der Waals surface area contributed by atoms with Gasteiger partial charge in [0.2, 0.25) is 10.1 Å². The van der Waals surface area contributed by atoms with Crippen LogP contribution in [0.25, 0.3) is 0 Å². The number of nitrogens with zero attached hydrogens (tertiary/aromatic N) is 2. The molecule has 7 nitrogen and oxygen atoms in total. The van der Waals surface area contributed by atoms with Crippen LogP contribution in [0.4, 0.5) is 5.13 Å². The summed E-state index contributed by atoms with van der Waals surface area (Å²) < 4.78 is 10.7. The summed E-state index contributed by atoms with van der Waals surface area (Å²) in [5.74, 6) is -0.226. The maximum atomic E-state index is 11.8. The van der Waals surface area contributed by atoms with Gasteiger partial charge in [-0.25, -0.2) is 0 Å². The monoisotopic (exact) mass is 286 g/mol. The molecule has 8 heteroatoms. The third kappa shape index (κ3) is 4.41. The predicted octanol–water partition coefficient (Wildman–Crippen LogP) is 0.505. The number of ether oxygens (including phenoxy) is 2. The van der Waals surface area contributed by atoms with E-state index in [0.717, 1.165) is 13.0 Å². The maximum absolute atomic E-state index is 11.8. The van der Waals surface area contributed by atoms with E-state index in [1.807, 2.05) is 0 Å². The van der Waals surface area contributed by atoms with E-state index in [2.05, 4.69) is 27.8 Å². The zero-order chi connectivity index (χ0) is 13.5. The molecule has 0 radical (unpaired) electrons. The van der Waals surface area contributed by atoms with Crippen LogP contribution in [0, 0.1) is 0 Å². The third-order valence-corrected chi connectivity index (χ3v) is 3.40. The van der Waals surface area contributed by atoms with Crippen molar-refractivity contribution < 1.29 is 14.3 Å². The lowest BCUT2D eigenvalue weighted by Gasteiger charge is -2.22. The molecule has 1 aliphatic rings. The Kier molecular flexibility index (Phi) is 5.49. The Morgan fingerprint density at radius 2 is 2.37 bits per heavy atom. The standard InChI is InChI=1S/C11H18N4O3S/c1-2-3-12-11-15-14-10(19-11)9(16)13-6-8-7-17-4-5-18-8/h8H,2-7H2,1H3,(H,12,15)(H,13,16). The van der Waals surface area contributed by atoms with E-state index >= 15 is 0 Å². The van der Waals surface area contributed by atoms with Gasteiger partial charge in [0.15, 0.2) is 0 Å². The first-order valence-corrected chi connectivity index (χ1v) is 7.16.